The Kier molecular flexibility index (Phi) is 5.79. The van der Waals surface area contributed by atoms with E-state index in [1.165, 1.54) is 16.2 Å². The molecule has 0 aliphatic rings. The lowest BCUT2D eigenvalue weighted by atomic mass is 10.00. The number of rotatable bonds is 5. The number of imidazole rings is 1. The van der Waals surface area contributed by atoms with Crippen LogP contribution in [0.1, 0.15) is 0 Å². The van der Waals surface area contributed by atoms with E-state index in [0.29, 0.717) is 0 Å². The van der Waals surface area contributed by atoms with Gasteiger partial charge in [0.05, 0.1) is 11.0 Å². The van der Waals surface area contributed by atoms with Gasteiger partial charge in [-0.2, -0.15) is 0 Å². The number of nitrogens with zero attached hydrogens (tertiary/aromatic N) is 3. The third kappa shape index (κ3) is 3.94. The van der Waals surface area contributed by atoms with E-state index in [4.69, 9.17) is 4.98 Å². The molecule has 7 aromatic carbocycles. The summed E-state index contributed by atoms with van der Waals surface area (Å²) in [6.07, 6.45) is 0. The predicted molar refractivity (Wildman–Crippen MR) is 176 cm³/mol. The summed E-state index contributed by atoms with van der Waals surface area (Å²) in [4.78, 5) is 7.66. The highest BCUT2D eigenvalue weighted by Crippen LogP contribution is 2.40. The molecule has 0 unspecified atom stereocenters. The van der Waals surface area contributed by atoms with Gasteiger partial charge in [-0.3, -0.25) is 4.57 Å². The minimum atomic E-state index is 0.926. The Labute approximate surface area is 244 Å². The third-order valence-corrected chi connectivity index (χ3v) is 7.96. The van der Waals surface area contributed by atoms with Crippen molar-refractivity contribution >= 4 is 49.6 Å². The molecule has 0 saturated heterocycles. The largest absolute Gasteiger partial charge is 0.311 e. The molecule has 0 radical (unpaired) electrons. The van der Waals surface area contributed by atoms with Crippen LogP contribution in [-0.4, -0.2) is 9.55 Å². The van der Waals surface area contributed by atoms with Crippen molar-refractivity contribution in [3.8, 4) is 17.1 Å². The van der Waals surface area contributed by atoms with Crippen LogP contribution in [0.4, 0.5) is 17.1 Å². The topological polar surface area (TPSA) is 21.1 Å². The number of hydrogen-bond acceptors (Lipinski definition) is 2. The molecule has 0 amide bonds. The van der Waals surface area contributed by atoms with Crippen LogP contribution in [0.15, 0.2) is 164 Å². The van der Waals surface area contributed by atoms with Crippen molar-refractivity contribution in [2.45, 2.75) is 0 Å². The van der Waals surface area contributed by atoms with Crippen LogP contribution in [0.5, 0.6) is 0 Å². The third-order valence-electron chi connectivity index (χ3n) is 7.96. The zero-order valence-corrected chi connectivity index (χ0v) is 22.9. The highest BCUT2D eigenvalue weighted by Gasteiger charge is 2.20. The Bertz CT molecular complexity index is 2130. The van der Waals surface area contributed by atoms with E-state index in [1.807, 2.05) is 0 Å². The monoisotopic (exact) mass is 537 g/mol. The molecule has 1 heterocycles. The summed E-state index contributed by atoms with van der Waals surface area (Å²) in [5.74, 6) is 0.926. The Hall–Kier alpha value is -5.67. The van der Waals surface area contributed by atoms with Gasteiger partial charge in [0.15, 0.2) is 0 Å². The molecule has 0 N–H and O–H groups in total. The summed E-state index contributed by atoms with van der Waals surface area (Å²) in [6.45, 7) is 0. The van der Waals surface area contributed by atoms with Gasteiger partial charge in [0, 0.05) is 39.1 Å². The lowest BCUT2D eigenvalue weighted by molar-refractivity contribution is 1.11. The van der Waals surface area contributed by atoms with Crippen molar-refractivity contribution < 1.29 is 0 Å². The van der Waals surface area contributed by atoms with Gasteiger partial charge in [-0.1, -0.05) is 103 Å². The molecule has 8 rings (SSSR count). The minimum Gasteiger partial charge on any atom is -0.311 e. The maximum Gasteiger partial charge on any atom is 0.145 e. The minimum absolute atomic E-state index is 0.926. The predicted octanol–water partition coefficient (Wildman–Crippen LogP) is 10.5. The molecule has 3 nitrogen and oxygen atoms in total. The molecule has 1 aromatic heterocycles. The average Bonchev–Trinajstić information content (AvgIpc) is 3.48. The van der Waals surface area contributed by atoms with Gasteiger partial charge in [-0.05, 0) is 71.4 Å². The fourth-order valence-electron chi connectivity index (χ4n) is 6.09. The maximum absolute atomic E-state index is 5.38. The zero-order valence-electron chi connectivity index (χ0n) is 22.9. The van der Waals surface area contributed by atoms with Crippen LogP contribution in [0.3, 0.4) is 0 Å². The second-order valence-corrected chi connectivity index (χ2v) is 10.4. The van der Waals surface area contributed by atoms with Gasteiger partial charge >= 0.3 is 0 Å². The van der Waals surface area contributed by atoms with E-state index in [2.05, 4.69) is 173 Å². The first-order valence-electron chi connectivity index (χ1n) is 14.2. The van der Waals surface area contributed by atoms with Gasteiger partial charge in [-0.25, -0.2) is 4.98 Å². The summed E-state index contributed by atoms with van der Waals surface area (Å²) in [5.41, 5.74) is 7.63. The fraction of sp³-hybridized carbons (Fsp3) is 0. The molecule has 198 valence electrons. The number of benzene rings is 7. The summed E-state index contributed by atoms with van der Waals surface area (Å²) < 4.78 is 2.32. The van der Waals surface area contributed by atoms with E-state index in [1.54, 1.807) is 0 Å². The highest BCUT2D eigenvalue weighted by molar-refractivity contribution is 6.24. The van der Waals surface area contributed by atoms with Gasteiger partial charge in [0.25, 0.3) is 0 Å². The highest BCUT2D eigenvalue weighted by atomic mass is 15.1. The van der Waals surface area contributed by atoms with Crippen LogP contribution in [0.25, 0.3) is 49.7 Å². The number of aromatic nitrogens is 2. The molecular weight excluding hydrogens is 510 g/mol. The van der Waals surface area contributed by atoms with Crippen molar-refractivity contribution in [3.63, 3.8) is 0 Å². The van der Waals surface area contributed by atoms with Crippen molar-refractivity contribution in [1.82, 2.24) is 9.55 Å². The molecule has 3 heteroatoms. The Morgan fingerprint density at radius 1 is 0.405 bits per heavy atom. The van der Waals surface area contributed by atoms with Crippen molar-refractivity contribution in [2.24, 2.45) is 0 Å². The Balaban J connectivity index is 1.37. The fourth-order valence-corrected chi connectivity index (χ4v) is 6.09. The van der Waals surface area contributed by atoms with Crippen LogP contribution in [0, 0.1) is 0 Å². The quantitative estimate of drug-likeness (QED) is 0.204. The Morgan fingerprint density at radius 2 is 0.857 bits per heavy atom. The molecule has 42 heavy (non-hydrogen) atoms. The van der Waals surface area contributed by atoms with Crippen molar-refractivity contribution in [1.29, 1.82) is 0 Å². The first kappa shape index (κ1) is 24.2. The average molecular weight is 538 g/mol. The molecule has 0 aliphatic heterocycles. The summed E-state index contributed by atoms with van der Waals surface area (Å²) in [6, 6.07) is 57.6. The van der Waals surface area contributed by atoms with Crippen LogP contribution in [0.2, 0.25) is 0 Å². The number of hydrogen-bond donors (Lipinski definition) is 0. The molecule has 0 spiro atoms. The smallest absolute Gasteiger partial charge is 0.145 e. The lowest BCUT2D eigenvalue weighted by Crippen LogP contribution is -2.09. The van der Waals surface area contributed by atoms with E-state index >= 15 is 0 Å². The number of para-hydroxylation sites is 3. The van der Waals surface area contributed by atoms with E-state index in [0.717, 1.165) is 50.6 Å². The molecular formula is C39H27N3. The van der Waals surface area contributed by atoms with Gasteiger partial charge in [0.1, 0.15) is 5.82 Å². The first-order valence-corrected chi connectivity index (χ1v) is 14.2. The second-order valence-electron chi connectivity index (χ2n) is 10.4. The van der Waals surface area contributed by atoms with Crippen molar-refractivity contribution in [2.75, 3.05) is 4.90 Å². The maximum atomic E-state index is 5.38. The van der Waals surface area contributed by atoms with Gasteiger partial charge in [-0.15, -0.1) is 0 Å². The Morgan fingerprint density at radius 3 is 1.45 bits per heavy atom. The SMILES string of the molecule is c1ccc(N(c2ccccc2)c2ccc(-c3nc4c5ccccc5c5ccccc5c4n3-c3ccccc3)cc2)cc1. The summed E-state index contributed by atoms with van der Waals surface area (Å²) in [7, 11) is 0. The van der Waals surface area contributed by atoms with E-state index in [9.17, 15) is 0 Å². The van der Waals surface area contributed by atoms with Crippen LogP contribution >= 0.6 is 0 Å². The molecule has 8 aromatic rings. The van der Waals surface area contributed by atoms with E-state index < -0.39 is 0 Å². The van der Waals surface area contributed by atoms with Crippen molar-refractivity contribution in [3.05, 3.63) is 164 Å². The molecule has 0 aliphatic carbocycles. The summed E-state index contributed by atoms with van der Waals surface area (Å²) >= 11 is 0. The molecule has 0 bridgehead atoms. The van der Waals surface area contributed by atoms with E-state index in [-0.39, 0.29) is 0 Å². The second kappa shape index (κ2) is 10.1. The standard InChI is InChI=1S/C39H27N3/c1-4-14-29(15-5-1)41(30-16-6-2-7-17-30)32-26-24-28(25-27-32)39-40-37-35-22-12-10-20-33(35)34-21-11-13-23-36(34)38(37)42(39)31-18-8-3-9-19-31/h1-27H. The molecule has 0 fully saturated rings. The van der Waals surface area contributed by atoms with Gasteiger partial charge < -0.3 is 4.90 Å². The lowest BCUT2D eigenvalue weighted by Gasteiger charge is -2.25. The first-order chi connectivity index (χ1) is 20.9. The zero-order chi connectivity index (χ0) is 27.9. The molecule has 0 atom stereocenters. The number of fused-ring (bicyclic) bond motifs is 6. The van der Waals surface area contributed by atoms with Gasteiger partial charge in [0.2, 0.25) is 0 Å². The number of anilines is 3. The molecule has 0 saturated carbocycles. The summed E-state index contributed by atoms with van der Waals surface area (Å²) in [5, 5.41) is 4.82. The van der Waals surface area contributed by atoms with Crippen LogP contribution < -0.4 is 4.90 Å². The van der Waals surface area contributed by atoms with Crippen LogP contribution in [-0.2, 0) is 0 Å². The normalized spacial score (nSPS) is 11.3.